The molecule has 2 aromatic carbocycles. The van der Waals surface area contributed by atoms with Crippen molar-refractivity contribution in [2.45, 2.75) is 17.7 Å². The fourth-order valence-electron chi connectivity index (χ4n) is 3.88. The number of piperidine rings is 1. The third-order valence-electron chi connectivity index (χ3n) is 5.87. The van der Waals surface area contributed by atoms with Gasteiger partial charge in [0.25, 0.3) is 11.5 Å². The molecule has 1 aromatic heterocycles. The first-order valence-corrected chi connectivity index (χ1v) is 12.2. The summed E-state index contributed by atoms with van der Waals surface area (Å²) in [5, 5.41) is 3.39. The Labute approximate surface area is 190 Å². The SMILES string of the molecule is Cn1c(=S)[nH]c2cc(C(=O)NCC3CCN(S(=O)(=O)c4ccccc4)CC3)ccc2c1=O. The van der Waals surface area contributed by atoms with Crippen molar-refractivity contribution in [3.63, 3.8) is 0 Å². The van der Waals surface area contributed by atoms with Gasteiger partial charge in [-0.2, -0.15) is 4.31 Å². The summed E-state index contributed by atoms with van der Waals surface area (Å²) in [5.74, 6) is -0.0500. The van der Waals surface area contributed by atoms with Crippen LogP contribution in [0.25, 0.3) is 10.9 Å². The van der Waals surface area contributed by atoms with Crippen LogP contribution >= 0.6 is 12.2 Å². The van der Waals surface area contributed by atoms with Crippen molar-refractivity contribution in [3.05, 3.63) is 69.2 Å². The van der Waals surface area contributed by atoms with Crippen LogP contribution < -0.4 is 10.9 Å². The van der Waals surface area contributed by atoms with E-state index in [1.54, 1.807) is 55.6 Å². The van der Waals surface area contributed by atoms with Gasteiger partial charge >= 0.3 is 0 Å². The van der Waals surface area contributed by atoms with Crippen molar-refractivity contribution < 1.29 is 13.2 Å². The smallest absolute Gasteiger partial charge is 0.261 e. The molecule has 4 rings (SSSR count). The highest BCUT2D eigenvalue weighted by atomic mass is 32.2. The number of benzene rings is 2. The summed E-state index contributed by atoms with van der Waals surface area (Å²) in [4.78, 5) is 28.2. The molecule has 0 bridgehead atoms. The van der Waals surface area contributed by atoms with Gasteiger partial charge < -0.3 is 10.3 Å². The average Bonchev–Trinajstić information content (AvgIpc) is 2.81. The summed E-state index contributed by atoms with van der Waals surface area (Å²) in [6.45, 7) is 1.31. The van der Waals surface area contributed by atoms with Gasteiger partial charge in [0.05, 0.1) is 15.8 Å². The van der Waals surface area contributed by atoms with Crippen LogP contribution in [0, 0.1) is 10.7 Å². The summed E-state index contributed by atoms with van der Waals surface area (Å²) >= 11 is 5.14. The molecule has 3 aromatic rings. The van der Waals surface area contributed by atoms with Crippen LogP contribution in [0.15, 0.2) is 58.2 Å². The number of aromatic amines is 1. The Kier molecular flexibility index (Phi) is 6.27. The Morgan fingerprint density at radius 1 is 1.16 bits per heavy atom. The van der Waals surface area contributed by atoms with E-state index in [4.69, 9.17) is 12.2 Å². The van der Waals surface area contributed by atoms with Gasteiger partial charge in [-0.1, -0.05) is 18.2 Å². The summed E-state index contributed by atoms with van der Waals surface area (Å²) < 4.78 is 28.6. The van der Waals surface area contributed by atoms with Gasteiger partial charge in [0.2, 0.25) is 10.0 Å². The number of nitrogens with one attached hydrogen (secondary N) is 2. The number of sulfonamides is 1. The first-order valence-electron chi connectivity index (χ1n) is 10.3. The number of hydrogen-bond acceptors (Lipinski definition) is 5. The van der Waals surface area contributed by atoms with E-state index in [2.05, 4.69) is 10.3 Å². The number of aromatic nitrogens is 2. The molecule has 0 aliphatic carbocycles. The zero-order valence-electron chi connectivity index (χ0n) is 17.6. The Morgan fingerprint density at radius 3 is 2.53 bits per heavy atom. The maximum atomic E-state index is 12.7. The average molecular weight is 473 g/mol. The van der Waals surface area contributed by atoms with E-state index >= 15 is 0 Å². The molecular formula is C22H24N4O4S2. The fraction of sp³-hybridized carbons (Fsp3) is 0.318. The lowest BCUT2D eigenvalue weighted by atomic mass is 9.98. The van der Waals surface area contributed by atoms with E-state index in [9.17, 15) is 18.0 Å². The molecule has 1 aliphatic heterocycles. The van der Waals surface area contributed by atoms with E-state index in [1.807, 2.05) is 0 Å². The third-order valence-corrected chi connectivity index (χ3v) is 8.16. The van der Waals surface area contributed by atoms with Gasteiger partial charge in [0.15, 0.2) is 4.77 Å². The second kappa shape index (κ2) is 8.97. The third kappa shape index (κ3) is 4.38. The largest absolute Gasteiger partial charge is 0.352 e. The van der Waals surface area contributed by atoms with Gasteiger partial charge in [-0.15, -0.1) is 0 Å². The quantitative estimate of drug-likeness (QED) is 0.555. The van der Waals surface area contributed by atoms with Crippen molar-refractivity contribution in [3.8, 4) is 0 Å². The summed E-state index contributed by atoms with van der Waals surface area (Å²) in [6.07, 6.45) is 1.35. The Balaban J connectivity index is 1.37. The molecule has 0 radical (unpaired) electrons. The minimum atomic E-state index is -3.48. The molecule has 0 unspecified atom stereocenters. The van der Waals surface area contributed by atoms with Crippen LogP contribution in [0.2, 0.25) is 0 Å². The second-order valence-corrected chi connectivity index (χ2v) is 10.2. The van der Waals surface area contributed by atoms with E-state index in [0.29, 0.717) is 53.8 Å². The van der Waals surface area contributed by atoms with E-state index in [1.165, 1.54) is 8.87 Å². The van der Waals surface area contributed by atoms with Crippen molar-refractivity contribution in [1.82, 2.24) is 19.2 Å². The van der Waals surface area contributed by atoms with Crippen LogP contribution in [0.1, 0.15) is 23.2 Å². The molecule has 2 heterocycles. The molecule has 1 aliphatic rings. The maximum Gasteiger partial charge on any atom is 0.261 e. The molecule has 10 heteroatoms. The highest BCUT2D eigenvalue weighted by molar-refractivity contribution is 7.89. The van der Waals surface area contributed by atoms with Gasteiger partial charge in [-0.25, -0.2) is 8.42 Å². The Bertz CT molecular complexity index is 1370. The molecule has 1 amide bonds. The normalized spacial score (nSPS) is 15.7. The highest BCUT2D eigenvalue weighted by Crippen LogP contribution is 2.23. The van der Waals surface area contributed by atoms with E-state index < -0.39 is 10.0 Å². The number of nitrogens with zero attached hydrogens (tertiary/aromatic N) is 2. The van der Waals surface area contributed by atoms with Crippen LogP contribution in [0.4, 0.5) is 0 Å². The summed E-state index contributed by atoms with van der Waals surface area (Å²) in [7, 11) is -1.89. The van der Waals surface area contributed by atoms with Gasteiger partial charge in [-0.05, 0) is 61.3 Å². The van der Waals surface area contributed by atoms with E-state index in [-0.39, 0.29) is 22.2 Å². The monoisotopic (exact) mass is 472 g/mol. The lowest BCUT2D eigenvalue weighted by Crippen LogP contribution is -2.41. The molecule has 0 spiro atoms. The number of hydrogen-bond donors (Lipinski definition) is 2. The Hall–Kier alpha value is -2.82. The predicted octanol–water partition coefficient (Wildman–Crippen LogP) is 2.43. The molecule has 1 saturated heterocycles. The van der Waals surface area contributed by atoms with Crippen molar-refractivity contribution in [2.75, 3.05) is 19.6 Å². The fourth-order valence-corrected chi connectivity index (χ4v) is 5.57. The van der Waals surface area contributed by atoms with Crippen molar-refractivity contribution >= 4 is 39.1 Å². The Morgan fingerprint density at radius 2 is 1.84 bits per heavy atom. The van der Waals surface area contributed by atoms with Crippen LogP contribution in [-0.4, -0.2) is 47.8 Å². The number of amides is 1. The molecule has 8 nitrogen and oxygen atoms in total. The van der Waals surface area contributed by atoms with Crippen LogP contribution in [0.5, 0.6) is 0 Å². The molecule has 32 heavy (non-hydrogen) atoms. The zero-order valence-corrected chi connectivity index (χ0v) is 19.2. The standard InChI is InChI=1S/C22H24N4O4S2/c1-25-21(28)18-8-7-16(13-19(18)24-22(25)31)20(27)23-14-15-9-11-26(12-10-15)32(29,30)17-5-3-2-4-6-17/h2-8,13,15H,9-12,14H2,1H3,(H,23,27)(H,24,31). The van der Waals surface area contributed by atoms with Gasteiger partial charge in [-0.3, -0.25) is 14.2 Å². The maximum absolute atomic E-state index is 12.7. The van der Waals surface area contributed by atoms with Crippen molar-refractivity contribution in [2.24, 2.45) is 13.0 Å². The first-order chi connectivity index (χ1) is 15.3. The minimum absolute atomic E-state index is 0.194. The molecular weight excluding hydrogens is 448 g/mol. The second-order valence-electron chi connectivity index (χ2n) is 7.93. The number of carbonyl (C=O) groups excluding carboxylic acids is 1. The van der Waals surface area contributed by atoms with Crippen LogP contribution in [-0.2, 0) is 17.1 Å². The number of H-pyrrole nitrogens is 1. The molecule has 2 N–H and O–H groups in total. The lowest BCUT2D eigenvalue weighted by molar-refractivity contribution is 0.0941. The number of rotatable bonds is 5. The van der Waals surface area contributed by atoms with Gasteiger partial charge in [0, 0.05) is 32.2 Å². The zero-order chi connectivity index (χ0) is 22.9. The molecule has 1 fully saturated rings. The number of carbonyl (C=O) groups is 1. The number of fused-ring (bicyclic) bond motifs is 1. The summed E-state index contributed by atoms with van der Waals surface area (Å²) in [5.41, 5.74) is 0.735. The summed E-state index contributed by atoms with van der Waals surface area (Å²) in [6, 6.07) is 13.3. The van der Waals surface area contributed by atoms with E-state index in [0.717, 1.165) is 0 Å². The topological polar surface area (TPSA) is 104 Å². The minimum Gasteiger partial charge on any atom is -0.352 e. The molecule has 0 saturated carbocycles. The van der Waals surface area contributed by atoms with Gasteiger partial charge in [0.1, 0.15) is 0 Å². The molecule has 168 valence electrons. The van der Waals surface area contributed by atoms with Crippen molar-refractivity contribution in [1.29, 1.82) is 0 Å². The predicted molar refractivity (Wildman–Crippen MR) is 125 cm³/mol. The molecule has 0 atom stereocenters. The first kappa shape index (κ1) is 22.4. The lowest BCUT2D eigenvalue weighted by Gasteiger charge is -2.31. The highest BCUT2D eigenvalue weighted by Gasteiger charge is 2.29. The van der Waals surface area contributed by atoms with Crippen LogP contribution in [0.3, 0.4) is 0 Å².